The van der Waals surface area contributed by atoms with Gasteiger partial charge in [-0.25, -0.2) is 13.6 Å². The summed E-state index contributed by atoms with van der Waals surface area (Å²) < 4.78 is 29.9. The quantitative estimate of drug-likeness (QED) is 0.461. The van der Waals surface area contributed by atoms with Crippen LogP contribution in [0.5, 0.6) is 0 Å². The van der Waals surface area contributed by atoms with Crippen molar-refractivity contribution in [2.45, 2.75) is 25.7 Å². The first-order valence-electron chi connectivity index (χ1n) is 10.6. The fraction of sp³-hybridized carbons (Fsp3) is 0.455. The minimum absolute atomic E-state index is 0.0318. The van der Waals surface area contributed by atoms with Gasteiger partial charge in [-0.05, 0) is 51.1 Å². The molecule has 0 amide bonds. The molecule has 1 aromatic heterocycles. The Morgan fingerprint density at radius 2 is 1.56 bits per heavy atom. The number of aromatic nitrogens is 1. The number of carbonyl (C=O) groups excluding carboxylic acids is 2. The van der Waals surface area contributed by atoms with E-state index in [1.54, 1.807) is 19.1 Å². The highest BCUT2D eigenvalue weighted by Crippen LogP contribution is 2.23. The molecule has 0 aliphatic carbocycles. The smallest absolute Gasteiger partial charge is 0.320 e. The van der Waals surface area contributed by atoms with Crippen molar-refractivity contribution in [1.29, 1.82) is 0 Å². The topological polar surface area (TPSA) is 115 Å². The molecule has 1 aromatic carbocycles. The van der Waals surface area contributed by atoms with Gasteiger partial charge in [-0.2, -0.15) is 0 Å². The third-order valence-corrected chi connectivity index (χ3v) is 6.57. The van der Waals surface area contributed by atoms with Gasteiger partial charge in [0.1, 0.15) is 0 Å². The monoisotopic (exact) mass is 462 g/mol. The van der Waals surface area contributed by atoms with E-state index in [4.69, 9.17) is 9.88 Å². The van der Waals surface area contributed by atoms with E-state index in [9.17, 15) is 18.0 Å². The van der Waals surface area contributed by atoms with E-state index in [-0.39, 0.29) is 23.2 Å². The van der Waals surface area contributed by atoms with Gasteiger partial charge in [0.05, 0.1) is 24.6 Å². The molecule has 32 heavy (non-hydrogen) atoms. The molecule has 3 rings (SSSR count). The number of rotatable bonds is 8. The molecule has 1 aliphatic heterocycles. The maximum Gasteiger partial charge on any atom is 0.320 e. The van der Waals surface area contributed by atoms with Crippen molar-refractivity contribution in [1.82, 2.24) is 14.4 Å². The highest BCUT2D eigenvalue weighted by Gasteiger charge is 2.23. The molecule has 9 nitrogen and oxygen atoms in total. The van der Waals surface area contributed by atoms with Crippen LogP contribution in [0.15, 0.2) is 35.2 Å². The van der Waals surface area contributed by atoms with Crippen molar-refractivity contribution in [2.75, 3.05) is 45.9 Å². The minimum Gasteiger partial charge on any atom is -0.465 e. The summed E-state index contributed by atoms with van der Waals surface area (Å²) >= 11 is 0. The number of hydrogen-bond donors (Lipinski definition) is 1. The number of piperazine rings is 1. The standard InChI is InChI=1S/C22H30N4O5S/c1-4-31-22(28)15-25-11-9-24(10-12-25)14-21(27)20-13-16(2)26(17(20)3)18-5-7-19(8-6-18)32(23,29)30/h5-8,13H,4,9-12,14-15H2,1-3H3,(H2,23,29,30). The van der Waals surface area contributed by atoms with E-state index in [1.165, 1.54) is 12.1 Å². The Labute approximate surface area is 188 Å². The number of primary sulfonamides is 1. The molecule has 0 atom stereocenters. The summed E-state index contributed by atoms with van der Waals surface area (Å²) in [5.41, 5.74) is 3.09. The molecule has 1 aliphatic rings. The predicted molar refractivity (Wildman–Crippen MR) is 120 cm³/mol. The third-order valence-electron chi connectivity index (χ3n) is 5.65. The molecular formula is C22H30N4O5S. The Bertz CT molecular complexity index is 1080. The maximum atomic E-state index is 13.0. The van der Waals surface area contributed by atoms with Crippen molar-refractivity contribution in [2.24, 2.45) is 5.14 Å². The Balaban J connectivity index is 1.66. The lowest BCUT2D eigenvalue weighted by Crippen LogP contribution is -2.49. The zero-order chi connectivity index (χ0) is 23.5. The summed E-state index contributed by atoms with van der Waals surface area (Å²) in [5.74, 6) is -0.189. The summed E-state index contributed by atoms with van der Waals surface area (Å²) in [6, 6.07) is 8.14. The molecule has 0 radical (unpaired) electrons. The summed E-state index contributed by atoms with van der Waals surface area (Å²) in [7, 11) is -3.76. The molecule has 1 fully saturated rings. The fourth-order valence-corrected chi connectivity index (χ4v) is 4.53. The average molecular weight is 463 g/mol. The van der Waals surface area contributed by atoms with Crippen LogP contribution in [0.1, 0.15) is 28.7 Å². The number of carbonyl (C=O) groups is 2. The summed E-state index contributed by atoms with van der Waals surface area (Å²) in [6.07, 6.45) is 0. The molecule has 10 heteroatoms. The average Bonchev–Trinajstić information content (AvgIpc) is 3.03. The molecule has 2 N–H and O–H groups in total. The van der Waals surface area contributed by atoms with E-state index < -0.39 is 10.0 Å². The van der Waals surface area contributed by atoms with E-state index in [0.29, 0.717) is 44.9 Å². The first kappa shape index (κ1) is 24.1. The fourth-order valence-electron chi connectivity index (χ4n) is 4.01. The summed E-state index contributed by atoms with van der Waals surface area (Å²) in [6.45, 7) is 9.38. The van der Waals surface area contributed by atoms with Crippen molar-refractivity contribution in [3.8, 4) is 5.69 Å². The van der Waals surface area contributed by atoms with Gasteiger partial charge in [-0.3, -0.25) is 19.4 Å². The number of Topliss-reactive ketones (excluding diaryl/α,β-unsaturated/α-hetero) is 1. The van der Waals surface area contributed by atoms with Crippen LogP contribution in [0.25, 0.3) is 5.69 Å². The maximum absolute atomic E-state index is 13.0. The molecule has 174 valence electrons. The van der Waals surface area contributed by atoms with Gasteiger partial charge in [-0.15, -0.1) is 0 Å². The Hall–Kier alpha value is -2.53. The SMILES string of the molecule is CCOC(=O)CN1CCN(CC(=O)c2cc(C)n(-c3ccc(S(N)(=O)=O)cc3)c2C)CC1. The van der Waals surface area contributed by atoms with Crippen molar-refractivity contribution in [3.05, 3.63) is 47.3 Å². The Kier molecular flexibility index (Phi) is 7.50. The van der Waals surface area contributed by atoms with Crippen molar-refractivity contribution < 1.29 is 22.7 Å². The van der Waals surface area contributed by atoms with Gasteiger partial charge in [0.2, 0.25) is 10.0 Å². The second kappa shape index (κ2) is 9.95. The molecule has 1 saturated heterocycles. The van der Waals surface area contributed by atoms with Crippen molar-refractivity contribution in [3.63, 3.8) is 0 Å². The summed E-state index contributed by atoms with van der Waals surface area (Å²) in [4.78, 5) is 28.8. The molecule has 2 aromatic rings. The molecule has 0 bridgehead atoms. The number of sulfonamides is 1. The van der Waals surface area contributed by atoms with Gasteiger partial charge in [0, 0.05) is 48.8 Å². The molecule has 2 heterocycles. The van der Waals surface area contributed by atoms with Crippen molar-refractivity contribution >= 4 is 21.8 Å². The lowest BCUT2D eigenvalue weighted by Gasteiger charge is -2.33. The third kappa shape index (κ3) is 5.63. The van der Waals surface area contributed by atoms with Gasteiger partial charge in [-0.1, -0.05) is 0 Å². The van der Waals surface area contributed by atoms with Gasteiger partial charge in [0.15, 0.2) is 5.78 Å². The van der Waals surface area contributed by atoms with Crippen LogP contribution in [0.4, 0.5) is 0 Å². The largest absolute Gasteiger partial charge is 0.465 e. The highest BCUT2D eigenvalue weighted by molar-refractivity contribution is 7.89. The highest BCUT2D eigenvalue weighted by atomic mass is 32.2. The first-order chi connectivity index (χ1) is 15.1. The summed E-state index contributed by atoms with van der Waals surface area (Å²) in [5, 5.41) is 5.17. The van der Waals surface area contributed by atoms with E-state index in [2.05, 4.69) is 4.90 Å². The van der Waals surface area contributed by atoms with Crippen LogP contribution in [0, 0.1) is 13.8 Å². The zero-order valence-electron chi connectivity index (χ0n) is 18.7. The van der Waals surface area contributed by atoms with Crippen LogP contribution in [-0.4, -0.2) is 80.4 Å². The number of hydrogen-bond acceptors (Lipinski definition) is 7. The lowest BCUT2D eigenvalue weighted by molar-refractivity contribution is -0.144. The van der Waals surface area contributed by atoms with Gasteiger partial charge in [0.25, 0.3) is 0 Å². The number of nitrogens with two attached hydrogens (primary N) is 1. The molecular weight excluding hydrogens is 432 g/mol. The number of benzene rings is 1. The number of esters is 1. The number of ketones is 1. The molecule has 0 unspecified atom stereocenters. The van der Waals surface area contributed by atoms with E-state index in [1.807, 2.05) is 29.4 Å². The van der Waals surface area contributed by atoms with Crippen LogP contribution in [0.3, 0.4) is 0 Å². The number of nitrogens with zero attached hydrogens (tertiary/aromatic N) is 3. The predicted octanol–water partition coefficient (Wildman–Crippen LogP) is 1.10. The van der Waals surface area contributed by atoms with Gasteiger partial charge < -0.3 is 9.30 Å². The minimum atomic E-state index is -3.76. The van der Waals surface area contributed by atoms with E-state index in [0.717, 1.165) is 17.1 Å². The second-order valence-electron chi connectivity index (χ2n) is 7.94. The van der Waals surface area contributed by atoms with E-state index >= 15 is 0 Å². The molecule has 0 spiro atoms. The number of ether oxygens (including phenoxy) is 1. The molecule has 0 saturated carbocycles. The van der Waals surface area contributed by atoms with Crippen LogP contribution in [-0.2, 0) is 19.6 Å². The number of aryl methyl sites for hydroxylation is 1. The van der Waals surface area contributed by atoms with Crippen LogP contribution in [0.2, 0.25) is 0 Å². The lowest BCUT2D eigenvalue weighted by atomic mass is 10.1. The Morgan fingerprint density at radius 1 is 1.00 bits per heavy atom. The zero-order valence-corrected chi connectivity index (χ0v) is 19.5. The normalized spacial score (nSPS) is 15.6. The first-order valence-corrected chi connectivity index (χ1v) is 12.1. The van der Waals surface area contributed by atoms with Crippen LogP contribution >= 0.6 is 0 Å². The second-order valence-corrected chi connectivity index (χ2v) is 9.50. The Morgan fingerprint density at radius 3 is 2.09 bits per heavy atom. The van der Waals surface area contributed by atoms with Gasteiger partial charge >= 0.3 is 5.97 Å². The van der Waals surface area contributed by atoms with Crippen LogP contribution < -0.4 is 5.14 Å².